The second-order valence-electron chi connectivity index (χ2n) is 3.74. The minimum atomic E-state index is -0.625. The molecule has 2 amide bonds. The number of ether oxygens (including phenoxy) is 1. The zero-order valence-corrected chi connectivity index (χ0v) is 10.4. The lowest BCUT2D eigenvalue weighted by atomic mass is 10.1. The molecule has 0 aliphatic carbocycles. The summed E-state index contributed by atoms with van der Waals surface area (Å²) in [6.07, 6.45) is 0.706. The largest absolute Gasteiger partial charge is 0.383 e. The van der Waals surface area contributed by atoms with Crippen LogP contribution in [0, 0.1) is 0 Å². The van der Waals surface area contributed by atoms with Gasteiger partial charge in [-0.2, -0.15) is 0 Å². The molecule has 0 aromatic heterocycles. The lowest BCUT2D eigenvalue weighted by Crippen LogP contribution is -2.41. The van der Waals surface area contributed by atoms with E-state index in [1.165, 1.54) is 7.11 Å². The first kappa shape index (κ1) is 14.2. The van der Waals surface area contributed by atoms with Gasteiger partial charge in [-0.25, -0.2) is 0 Å². The molecule has 0 bridgehead atoms. The van der Waals surface area contributed by atoms with Crippen LogP contribution in [-0.2, 0) is 20.7 Å². The van der Waals surface area contributed by atoms with Crippen LogP contribution in [-0.4, -0.2) is 38.6 Å². The Labute approximate surface area is 107 Å². The van der Waals surface area contributed by atoms with E-state index in [1.54, 1.807) is 0 Å². The molecule has 0 aliphatic heterocycles. The Morgan fingerprint density at radius 3 is 2.28 bits per heavy atom. The Balaban J connectivity index is 2.18. The molecule has 0 saturated heterocycles. The molecule has 0 aliphatic rings. The van der Waals surface area contributed by atoms with Crippen LogP contribution in [0.5, 0.6) is 0 Å². The maximum atomic E-state index is 11.4. The zero-order valence-electron chi connectivity index (χ0n) is 10.4. The summed E-state index contributed by atoms with van der Waals surface area (Å²) in [5.74, 6) is -1.23. The van der Waals surface area contributed by atoms with Crippen LogP contribution < -0.4 is 10.6 Å². The summed E-state index contributed by atoms with van der Waals surface area (Å²) in [6.45, 7) is 1.17. The van der Waals surface area contributed by atoms with E-state index < -0.39 is 11.8 Å². The van der Waals surface area contributed by atoms with Crippen molar-refractivity contribution in [2.24, 2.45) is 0 Å². The summed E-state index contributed by atoms with van der Waals surface area (Å²) in [4.78, 5) is 22.6. The first-order valence-electron chi connectivity index (χ1n) is 5.83. The van der Waals surface area contributed by atoms with E-state index in [0.717, 1.165) is 5.56 Å². The van der Waals surface area contributed by atoms with Crippen molar-refractivity contribution in [3.63, 3.8) is 0 Å². The Bertz CT molecular complexity index is 379. The Morgan fingerprint density at radius 2 is 1.67 bits per heavy atom. The molecule has 0 unspecified atom stereocenters. The summed E-state index contributed by atoms with van der Waals surface area (Å²) in [6, 6.07) is 9.77. The average molecular weight is 250 g/mol. The second kappa shape index (κ2) is 8.25. The van der Waals surface area contributed by atoms with Gasteiger partial charge >= 0.3 is 11.8 Å². The van der Waals surface area contributed by atoms with Crippen LogP contribution in [0.25, 0.3) is 0 Å². The molecule has 2 N–H and O–H groups in total. The maximum Gasteiger partial charge on any atom is 0.309 e. The van der Waals surface area contributed by atoms with Gasteiger partial charge in [0, 0.05) is 20.2 Å². The number of methoxy groups -OCH3 is 1. The van der Waals surface area contributed by atoms with Gasteiger partial charge in [0.25, 0.3) is 0 Å². The van der Waals surface area contributed by atoms with Crippen molar-refractivity contribution in [2.75, 3.05) is 26.8 Å². The van der Waals surface area contributed by atoms with Crippen LogP contribution in [0.15, 0.2) is 30.3 Å². The minimum Gasteiger partial charge on any atom is -0.383 e. The van der Waals surface area contributed by atoms with E-state index in [-0.39, 0.29) is 0 Å². The minimum absolute atomic E-state index is 0.335. The molecule has 1 rings (SSSR count). The fourth-order valence-corrected chi connectivity index (χ4v) is 1.39. The Kier molecular flexibility index (Phi) is 6.50. The van der Waals surface area contributed by atoms with Crippen molar-refractivity contribution in [1.82, 2.24) is 10.6 Å². The molecule has 0 spiro atoms. The maximum absolute atomic E-state index is 11.4. The van der Waals surface area contributed by atoms with Gasteiger partial charge in [-0.3, -0.25) is 9.59 Å². The van der Waals surface area contributed by atoms with Crippen molar-refractivity contribution in [3.8, 4) is 0 Å². The van der Waals surface area contributed by atoms with Gasteiger partial charge in [-0.1, -0.05) is 30.3 Å². The SMILES string of the molecule is COCCNC(=O)C(=O)NCCc1ccccc1. The molecule has 0 fully saturated rings. The normalized spacial score (nSPS) is 9.83. The van der Waals surface area contributed by atoms with E-state index >= 15 is 0 Å². The van der Waals surface area contributed by atoms with Crippen molar-refractivity contribution < 1.29 is 14.3 Å². The standard InChI is InChI=1S/C13H18N2O3/c1-18-10-9-15-13(17)12(16)14-8-7-11-5-3-2-4-6-11/h2-6H,7-10H2,1H3,(H,14,16)(H,15,17). The molecular formula is C13H18N2O3. The molecule has 0 radical (unpaired) electrons. The topological polar surface area (TPSA) is 67.4 Å². The van der Waals surface area contributed by atoms with Crippen molar-refractivity contribution in [2.45, 2.75) is 6.42 Å². The van der Waals surface area contributed by atoms with Crippen molar-refractivity contribution >= 4 is 11.8 Å². The molecular weight excluding hydrogens is 232 g/mol. The van der Waals surface area contributed by atoms with Crippen LogP contribution in [0.3, 0.4) is 0 Å². The third kappa shape index (κ3) is 5.45. The number of hydrogen-bond acceptors (Lipinski definition) is 3. The zero-order chi connectivity index (χ0) is 13.2. The summed E-state index contributed by atoms with van der Waals surface area (Å²) >= 11 is 0. The summed E-state index contributed by atoms with van der Waals surface area (Å²) < 4.78 is 4.76. The first-order valence-corrected chi connectivity index (χ1v) is 5.83. The second-order valence-corrected chi connectivity index (χ2v) is 3.74. The smallest absolute Gasteiger partial charge is 0.309 e. The van der Waals surface area contributed by atoms with E-state index in [0.29, 0.717) is 26.1 Å². The van der Waals surface area contributed by atoms with Gasteiger partial charge in [0.2, 0.25) is 0 Å². The highest BCUT2D eigenvalue weighted by atomic mass is 16.5. The fourth-order valence-electron chi connectivity index (χ4n) is 1.39. The van der Waals surface area contributed by atoms with Gasteiger partial charge in [-0.05, 0) is 12.0 Å². The molecule has 0 heterocycles. The predicted octanol–water partition coefficient (Wildman–Crippen LogP) is 0.108. The average Bonchev–Trinajstić information content (AvgIpc) is 2.40. The predicted molar refractivity (Wildman–Crippen MR) is 68.0 cm³/mol. The fraction of sp³-hybridized carbons (Fsp3) is 0.385. The molecule has 5 heteroatoms. The van der Waals surface area contributed by atoms with Crippen LogP contribution in [0.4, 0.5) is 0 Å². The lowest BCUT2D eigenvalue weighted by Gasteiger charge is -2.06. The number of hydrogen-bond donors (Lipinski definition) is 2. The van der Waals surface area contributed by atoms with Crippen molar-refractivity contribution in [3.05, 3.63) is 35.9 Å². The van der Waals surface area contributed by atoms with Gasteiger partial charge < -0.3 is 15.4 Å². The third-order valence-corrected chi connectivity index (χ3v) is 2.34. The van der Waals surface area contributed by atoms with E-state index in [2.05, 4.69) is 10.6 Å². The summed E-state index contributed by atoms with van der Waals surface area (Å²) in [7, 11) is 1.53. The third-order valence-electron chi connectivity index (χ3n) is 2.34. The summed E-state index contributed by atoms with van der Waals surface area (Å²) in [5, 5.41) is 5.02. The number of rotatable bonds is 6. The van der Waals surface area contributed by atoms with Crippen molar-refractivity contribution in [1.29, 1.82) is 0 Å². The quantitative estimate of drug-likeness (QED) is 0.556. The molecule has 18 heavy (non-hydrogen) atoms. The lowest BCUT2D eigenvalue weighted by molar-refractivity contribution is -0.139. The highest BCUT2D eigenvalue weighted by molar-refractivity contribution is 6.35. The van der Waals surface area contributed by atoms with Crippen LogP contribution in [0.1, 0.15) is 5.56 Å². The van der Waals surface area contributed by atoms with Crippen LogP contribution >= 0.6 is 0 Å². The van der Waals surface area contributed by atoms with E-state index in [1.807, 2.05) is 30.3 Å². The number of amides is 2. The van der Waals surface area contributed by atoms with Gasteiger partial charge in [0.05, 0.1) is 6.61 Å². The van der Waals surface area contributed by atoms with Gasteiger partial charge in [0.1, 0.15) is 0 Å². The van der Waals surface area contributed by atoms with Gasteiger partial charge in [0.15, 0.2) is 0 Å². The number of benzene rings is 1. The highest BCUT2D eigenvalue weighted by Crippen LogP contribution is 1.97. The van der Waals surface area contributed by atoms with Crippen LogP contribution in [0.2, 0.25) is 0 Å². The number of carbonyl (C=O) groups excluding carboxylic acids is 2. The molecule has 1 aromatic carbocycles. The Morgan fingerprint density at radius 1 is 1.06 bits per heavy atom. The van der Waals surface area contributed by atoms with Gasteiger partial charge in [-0.15, -0.1) is 0 Å². The molecule has 1 aromatic rings. The molecule has 98 valence electrons. The molecule has 0 saturated carbocycles. The van der Waals surface area contributed by atoms with E-state index in [9.17, 15) is 9.59 Å². The highest BCUT2D eigenvalue weighted by Gasteiger charge is 2.11. The molecule has 5 nitrogen and oxygen atoms in total. The van der Waals surface area contributed by atoms with E-state index in [4.69, 9.17) is 4.74 Å². The summed E-state index contributed by atoms with van der Waals surface area (Å²) in [5.41, 5.74) is 1.12. The number of carbonyl (C=O) groups is 2. The Hall–Kier alpha value is -1.88. The number of nitrogens with one attached hydrogen (secondary N) is 2. The first-order chi connectivity index (χ1) is 8.74. The molecule has 0 atom stereocenters. The monoisotopic (exact) mass is 250 g/mol.